The number of nitrogens with zero attached hydrogens (tertiary/aromatic N) is 2. The van der Waals surface area contributed by atoms with E-state index in [1.54, 1.807) is 38.3 Å². The lowest BCUT2D eigenvalue weighted by molar-refractivity contribution is 0.102. The van der Waals surface area contributed by atoms with Crippen LogP contribution in [0.4, 0.5) is 17.2 Å². The second-order valence-electron chi connectivity index (χ2n) is 7.43. The number of carbonyl (C=O) groups is 1. The van der Waals surface area contributed by atoms with Crippen molar-refractivity contribution in [2.75, 3.05) is 24.4 Å². The molecule has 0 fully saturated rings. The van der Waals surface area contributed by atoms with E-state index in [4.69, 9.17) is 9.47 Å². The minimum absolute atomic E-state index is 0.144. The van der Waals surface area contributed by atoms with Crippen molar-refractivity contribution in [1.29, 1.82) is 0 Å². The van der Waals surface area contributed by atoms with E-state index in [1.807, 2.05) is 42.5 Å². The molecule has 8 nitrogen and oxygen atoms in total. The number of aliphatic hydroxyl groups is 1. The van der Waals surface area contributed by atoms with E-state index in [1.165, 1.54) is 6.33 Å². The van der Waals surface area contributed by atoms with Crippen LogP contribution in [0.25, 0.3) is 10.9 Å². The largest absolute Gasteiger partial charge is 0.493 e. The summed E-state index contributed by atoms with van der Waals surface area (Å²) < 4.78 is 11.1. The zero-order valence-electron chi connectivity index (χ0n) is 18.3. The van der Waals surface area contributed by atoms with Gasteiger partial charge in [-0.1, -0.05) is 18.2 Å². The maximum atomic E-state index is 12.3. The van der Waals surface area contributed by atoms with Crippen molar-refractivity contribution in [1.82, 2.24) is 9.97 Å². The highest BCUT2D eigenvalue weighted by molar-refractivity contribution is 6.04. The van der Waals surface area contributed by atoms with Gasteiger partial charge < -0.3 is 25.2 Å². The number of hydrogen-bond donors (Lipinski definition) is 3. The van der Waals surface area contributed by atoms with Crippen molar-refractivity contribution < 1.29 is 19.4 Å². The summed E-state index contributed by atoms with van der Waals surface area (Å²) in [6.45, 7) is 1.79. The van der Waals surface area contributed by atoms with Crippen molar-refractivity contribution >= 4 is 34.0 Å². The molecule has 1 unspecified atom stereocenters. The van der Waals surface area contributed by atoms with Crippen LogP contribution in [-0.2, 0) is 0 Å². The second-order valence-corrected chi connectivity index (χ2v) is 7.43. The number of carbonyl (C=O) groups excluding carboxylic acids is 1. The predicted octanol–water partition coefficient (Wildman–Crippen LogP) is 4.39. The van der Waals surface area contributed by atoms with Gasteiger partial charge in [0.25, 0.3) is 5.91 Å². The predicted molar refractivity (Wildman–Crippen MR) is 127 cm³/mol. The lowest BCUT2D eigenvalue weighted by Gasteiger charge is -2.14. The van der Waals surface area contributed by atoms with Crippen molar-refractivity contribution in [3.8, 4) is 11.5 Å². The van der Waals surface area contributed by atoms with Crippen LogP contribution in [0.15, 0.2) is 73.1 Å². The molecular formula is C25H24N4O4. The Morgan fingerprint density at radius 3 is 2.42 bits per heavy atom. The van der Waals surface area contributed by atoms with Gasteiger partial charge in [0.15, 0.2) is 11.5 Å². The molecular weight excluding hydrogens is 420 g/mol. The molecule has 1 heterocycles. The van der Waals surface area contributed by atoms with Crippen LogP contribution in [0.5, 0.6) is 11.5 Å². The fraction of sp³-hybridized carbons (Fsp3) is 0.160. The van der Waals surface area contributed by atoms with Gasteiger partial charge >= 0.3 is 0 Å². The summed E-state index contributed by atoms with van der Waals surface area (Å²) in [4.78, 5) is 21.0. The molecule has 0 radical (unpaired) electrons. The first-order valence-corrected chi connectivity index (χ1v) is 10.4. The Balaban J connectivity index is 1.53. The molecule has 0 saturated heterocycles. The first-order chi connectivity index (χ1) is 16.0. The van der Waals surface area contributed by atoms with Crippen molar-refractivity contribution in [3.63, 3.8) is 0 Å². The summed E-state index contributed by atoms with van der Waals surface area (Å²) in [6.07, 6.45) is 0.859. The van der Waals surface area contributed by atoms with Gasteiger partial charge in [-0.25, -0.2) is 9.97 Å². The Kier molecular flexibility index (Phi) is 6.66. The molecule has 0 aliphatic heterocycles. The van der Waals surface area contributed by atoms with Gasteiger partial charge in [0.1, 0.15) is 18.8 Å². The third-order valence-corrected chi connectivity index (χ3v) is 4.84. The van der Waals surface area contributed by atoms with E-state index in [2.05, 4.69) is 20.6 Å². The van der Waals surface area contributed by atoms with Gasteiger partial charge in [-0.2, -0.15) is 0 Å². The lowest BCUT2D eigenvalue weighted by atomic mass is 10.2. The fourth-order valence-corrected chi connectivity index (χ4v) is 3.21. The number of fused-ring (bicyclic) bond motifs is 1. The monoisotopic (exact) mass is 444 g/mol. The van der Waals surface area contributed by atoms with E-state index < -0.39 is 6.10 Å². The second kappa shape index (κ2) is 9.97. The first-order valence-electron chi connectivity index (χ1n) is 10.4. The first kappa shape index (κ1) is 22.0. The molecule has 8 heteroatoms. The summed E-state index contributed by atoms with van der Waals surface area (Å²) >= 11 is 0. The number of ether oxygens (including phenoxy) is 2. The zero-order valence-corrected chi connectivity index (χ0v) is 18.3. The Hall–Kier alpha value is -4.17. The number of amides is 1. The summed E-state index contributed by atoms with van der Waals surface area (Å²) in [6, 6.07) is 19.9. The van der Waals surface area contributed by atoms with Gasteiger partial charge in [-0.15, -0.1) is 0 Å². The summed E-state index contributed by atoms with van der Waals surface area (Å²) in [7, 11) is 1.55. The van der Waals surface area contributed by atoms with Crippen LogP contribution in [-0.4, -0.2) is 40.8 Å². The summed E-state index contributed by atoms with van der Waals surface area (Å²) in [5, 5.41) is 16.4. The minimum atomic E-state index is -0.603. The van der Waals surface area contributed by atoms with Gasteiger partial charge in [0, 0.05) is 28.4 Å². The maximum Gasteiger partial charge on any atom is 0.255 e. The Morgan fingerprint density at radius 2 is 1.73 bits per heavy atom. The van der Waals surface area contributed by atoms with Crippen LogP contribution in [0, 0.1) is 0 Å². The normalized spacial score (nSPS) is 11.6. The van der Waals surface area contributed by atoms with Gasteiger partial charge in [0.05, 0.1) is 18.7 Å². The number of rotatable bonds is 8. The van der Waals surface area contributed by atoms with E-state index >= 15 is 0 Å². The van der Waals surface area contributed by atoms with Crippen molar-refractivity contribution in [2.24, 2.45) is 0 Å². The molecule has 0 aliphatic rings. The van der Waals surface area contributed by atoms with E-state index in [0.29, 0.717) is 34.1 Å². The molecule has 3 aromatic carbocycles. The van der Waals surface area contributed by atoms with Gasteiger partial charge in [-0.3, -0.25) is 4.79 Å². The SMILES string of the molecule is COc1cc2c(Nc3ccc(NC(=O)c4ccccc4)cc3)ncnc2cc1OCC(C)O. The highest BCUT2D eigenvalue weighted by Gasteiger charge is 2.13. The molecule has 1 aromatic heterocycles. The highest BCUT2D eigenvalue weighted by Crippen LogP contribution is 2.35. The van der Waals surface area contributed by atoms with E-state index in [-0.39, 0.29) is 12.5 Å². The van der Waals surface area contributed by atoms with Crippen molar-refractivity contribution in [3.05, 3.63) is 78.6 Å². The van der Waals surface area contributed by atoms with Crippen LogP contribution in [0.3, 0.4) is 0 Å². The minimum Gasteiger partial charge on any atom is -0.493 e. The van der Waals surface area contributed by atoms with Crippen LogP contribution >= 0.6 is 0 Å². The number of aliphatic hydroxyl groups excluding tert-OH is 1. The van der Waals surface area contributed by atoms with Crippen LogP contribution in [0.2, 0.25) is 0 Å². The third kappa shape index (κ3) is 5.36. The summed E-state index contributed by atoms with van der Waals surface area (Å²) in [5.41, 5.74) is 2.74. The standard InChI is InChI=1S/C25H24N4O4/c1-16(30)14-33-23-13-21-20(12-22(23)32-2)24(27-15-26-21)28-18-8-10-19(11-9-18)29-25(31)17-6-4-3-5-7-17/h3-13,15-16,30H,14H2,1-2H3,(H,29,31)(H,26,27,28). The molecule has 0 spiro atoms. The Morgan fingerprint density at radius 1 is 1.00 bits per heavy atom. The number of benzene rings is 3. The molecule has 1 amide bonds. The average molecular weight is 444 g/mol. The molecule has 4 aromatic rings. The van der Waals surface area contributed by atoms with Crippen LogP contribution < -0.4 is 20.1 Å². The molecule has 0 saturated carbocycles. The highest BCUT2D eigenvalue weighted by atomic mass is 16.5. The molecule has 3 N–H and O–H groups in total. The average Bonchev–Trinajstić information content (AvgIpc) is 2.84. The van der Waals surface area contributed by atoms with E-state index in [9.17, 15) is 9.90 Å². The third-order valence-electron chi connectivity index (χ3n) is 4.84. The molecule has 4 rings (SSSR count). The number of anilines is 3. The zero-order chi connectivity index (χ0) is 23.2. The number of nitrogens with one attached hydrogen (secondary N) is 2. The molecule has 0 aliphatic carbocycles. The number of aromatic nitrogens is 2. The molecule has 33 heavy (non-hydrogen) atoms. The number of methoxy groups -OCH3 is 1. The maximum absolute atomic E-state index is 12.3. The Labute approximate surface area is 191 Å². The molecule has 1 atom stereocenters. The van der Waals surface area contributed by atoms with Gasteiger partial charge in [0.2, 0.25) is 0 Å². The summed E-state index contributed by atoms with van der Waals surface area (Å²) in [5.74, 6) is 1.44. The Bertz CT molecular complexity index is 1240. The fourth-order valence-electron chi connectivity index (χ4n) is 3.21. The molecule has 168 valence electrons. The van der Waals surface area contributed by atoms with Gasteiger partial charge in [-0.05, 0) is 49.4 Å². The lowest BCUT2D eigenvalue weighted by Crippen LogP contribution is -2.13. The smallest absolute Gasteiger partial charge is 0.255 e. The van der Waals surface area contributed by atoms with E-state index in [0.717, 1.165) is 11.1 Å². The molecule has 0 bridgehead atoms. The quantitative estimate of drug-likeness (QED) is 0.370. The van der Waals surface area contributed by atoms with Crippen molar-refractivity contribution in [2.45, 2.75) is 13.0 Å². The van der Waals surface area contributed by atoms with Crippen LogP contribution in [0.1, 0.15) is 17.3 Å². The number of hydrogen-bond acceptors (Lipinski definition) is 7. The topological polar surface area (TPSA) is 106 Å².